The number of hydrogen-bond acceptors (Lipinski definition) is 7. The van der Waals surface area contributed by atoms with Crippen molar-refractivity contribution >= 4 is 61.3 Å². The monoisotopic (exact) mass is 542 g/mol. The second-order valence-corrected chi connectivity index (χ2v) is 11.8. The van der Waals surface area contributed by atoms with Gasteiger partial charge in [-0.05, 0) is 53.6 Å². The van der Waals surface area contributed by atoms with E-state index in [2.05, 4.69) is 5.38 Å². The van der Waals surface area contributed by atoms with Crippen LogP contribution in [0.4, 0.5) is 0 Å². The summed E-state index contributed by atoms with van der Waals surface area (Å²) in [6.45, 7) is 0. The predicted octanol–water partition coefficient (Wildman–Crippen LogP) is 5.66. The largest absolute Gasteiger partial charge is 0.495 e. The summed E-state index contributed by atoms with van der Waals surface area (Å²) in [7, 11) is -0.685. The van der Waals surface area contributed by atoms with Crippen molar-refractivity contribution in [3.8, 4) is 28.0 Å². The molecule has 1 aromatic heterocycles. The number of primary sulfonamides is 1. The van der Waals surface area contributed by atoms with Crippen molar-refractivity contribution in [1.82, 2.24) is 5.06 Å². The number of hydrogen-bond donors (Lipinski definition) is 2. The summed E-state index contributed by atoms with van der Waals surface area (Å²) in [6, 6.07) is 12.2. The molecular formula is C22H23ClN2O4S4. The lowest BCUT2D eigenvalue weighted by Crippen LogP contribution is -2.17. The Labute approximate surface area is 212 Å². The van der Waals surface area contributed by atoms with Gasteiger partial charge in [-0.1, -0.05) is 53.8 Å². The highest BCUT2D eigenvalue weighted by Gasteiger charge is 2.18. The fourth-order valence-electron chi connectivity index (χ4n) is 3.24. The van der Waals surface area contributed by atoms with Crippen molar-refractivity contribution < 1.29 is 18.4 Å². The van der Waals surface area contributed by atoms with E-state index in [1.807, 2.05) is 18.2 Å². The number of nitrogens with zero attached hydrogens (tertiary/aromatic N) is 1. The number of halogens is 1. The Bertz CT molecular complexity index is 1240. The molecule has 0 radical (unpaired) electrons. The van der Waals surface area contributed by atoms with Gasteiger partial charge in [0.1, 0.15) is 5.75 Å². The van der Waals surface area contributed by atoms with Crippen LogP contribution in [0.2, 0.25) is 5.02 Å². The number of thiocarbonyl (C=S) groups is 1. The molecule has 0 amide bonds. The van der Waals surface area contributed by atoms with E-state index in [0.717, 1.165) is 45.9 Å². The number of sulfonamides is 1. The highest BCUT2D eigenvalue weighted by Crippen LogP contribution is 2.42. The molecule has 0 bridgehead atoms. The van der Waals surface area contributed by atoms with Crippen molar-refractivity contribution in [2.75, 3.05) is 19.9 Å². The molecular weight excluding hydrogens is 520 g/mol. The molecule has 176 valence electrons. The van der Waals surface area contributed by atoms with E-state index in [-0.39, 0.29) is 4.90 Å². The normalized spacial score (nSPS) is 11.4. The summed E-state index contributed by atoms with van der Waals surface area (Å²) >= 11 is 14.6. The summed E-state index contributed by atoms with van der Waals surface area (Å²) in [5.41, 5.74) is 3.85. The molecule has 0 aliphatic carbocycles. The minimum absolute atomic E-state index is 0.0672. The molecule has 1 heterocycles. The van der Waals surface area contributed by atoms with Crippen LogP contribution in [-0.4, -0.2) is 42.9 Å². The van der Waals surface area contributed by atoms with E-state index < -0.39 is 10.0 Å². The van der Waals surface area contributed by atoms with Gasteiger partial charge in [0.25, 0.3) is 0 Å². The number of rotatable bonds is 8. The highest BCUT2D eigenvalue weighted by atomic mass is 35.5. The maximum absolute atomic E-state index is 11.6. The Kier molecular flexibility index (Phi) is 8.79. The zero-order chi connectivity index (χ0) is 24.2. The number of thioether (sulfide) groups is 1. The average molecular weight is 543 g/mol. The number of thiophene rings is 1. The zero-order valence-electron chi connectivity index (χ0n) is 17.9. The van der Waals surface area contributed by atoms with Crippen LogP contribution in [0.3, 0.4) is 0 Å². The van der Waals surface area contributed by atoms with E-state index >= 15 is 0 Å². The fraction of sp³-hybridized carbons (Fsp3) is 0.227. The third kappa shape index (κ3) is 6.48. The lowest BCUT2D eigenvalue weighted by molar-refractivity contribution is 0.0205. The van der Waals surface area contributed by atoms with Gasteiger partial charge in [-0.2, -0.15) is 0 Å². The fourth-order valence-corrected chi connectivity index (χ4v) is 6.04. The second-order valence-electron chi connectivity index (χ2n) is 7.11. The smallest absolute Gasteiger partial charge is 0.238 e. The van der Waals surface area contributed by atoms with Gasteiger partial charge < -0.3 is 4.74 Å². The summed E-state index contributed by atoms with van der Waals surface area (Å²) < 4.78 is 29.0. The topological polar surface area (TPSA) is 92.9 Å². The Morgan fingerprint density at radius 1 is 1.24 bits per heavy atom. The van der Waals surface area contributed by atoms with Crippen LogP contribution in [0.15, 0.2) is 52.7 Å². The first-order chi connectivity index (χ1) is 15.6. The number of nitrogens with two attached hydrogens (primary N) is 1. The molecule has 0 spiro atoms. The Morgan fingerprint density at radius 3 is 2.48 bits per heavy atom. The molecule has 0 saturated carbocycles. The van der Waals surface area contributed by atoms with Crippen LogP contribution in [0.25, 0.3) is 22.3 Å². The van der Waals surface area contributed by atoms with Crippen molar-refractivity contribution in [3.63, 3.8) is 0 Å². The quantitative estimate of drug-likeness (QED) is 0.215. The number of ether oxygens (including phenoxy) is 1. The van der Waals surface area contributed by atoms with Gasteiger partial charge in [-0.25, -0.2) is 18.6 Å². The summed E-state index contributed by atoms with van der Waals surface area (Å²) in [6.07, 6.45) is 1.67. The SMILES string of the molecule is COc1ccc(-c2c(-c3ccc(S(N)(=O)=O)cc3)csc2CCCSC(=S)N(C)O)cc1Cl. The van der Waals surface area contributed by atoms with Crippen LogP contribution in [0, 0.1) is 0 Å². The minimum atomic E-state index is -3.76. The zero-order valence-corrected chi connectivity index (χ0v) is 22.0. The standard InChI is InChI=1S/C22H23ClN2O4S4/c1-25(26)22(30)31-11-3-4-20-21(15-7-10-19(29-2)18(23)12-15)17(13-32-20)14-5-8-16(9-6-14)33(24,27)28/h5-10,12-13,26H,3-4,11H2,1-2H3,(H2,24,27,28). The summed E-state index contributed by atoms with van der Waals surface area (Å²) in [4.78, 5) is 1.24. The van der Waals surface area contributed by atoms with Crippen LogP contribution in [-0.2, 0) is 16.4 Å². The molecule has 0 unspecified atom stereocenters. The van der Waals surface area contributed by atoms with Crippen LogP contribution in [0.1, 0.15) is 11.3 Å². The van der Waals surface area contributed by atoms with Gasteiger partial charge in [0, 0.05) is 28.8 Å². The van der Waals surface area contributed by atoms with Gasteiger partial charge in [-0.3, -0.25) is 5.21 Å². The van der Waals surface area contributed by atoms with E-state index in [0.29, 0.717) is 15.1 Å². The van der Waals surface area contributed by atoms with Crippen LogP contribution in [0.5, 0.6) is 5.75 Å². The first-order valence-corrected chi connectivity index (χ1v) is 14.0. The molecule has 0 aliphatic heterocycles. The molecule has 6 nitrogen and oxygen atoms in total. The van der Waals surface area contributed by atoms with Gasteiger partial charge in [0.15, 0.2) is 4.32 Å². The lowest BCUT2D eigenvalue weighted by Gasteiger charge is -2.12. The first-order valence-electron chi connectivity index (χ1n) is 9.78. The van der Waals surface area contributed by atoms with Gasteiger partial charge >= 0.3 is 0 Å². The second kappa shape index (κ2) is 11.2. The van der Waals surface area contributed by atoms with Crippen molar-refractivity contribution in [2.45, 2.75) is 17.7 Å². The van der Waals surface area contributed by atoms with E-state index in [9.17, 15) is 13.6 Å². The molecule has 0 fully saturated rings. The minimum Gasteiger partial charge on any atom is -0.495 e. The first kappa shape index (κ1) is 26.0. The number of benzene rings is 2. The average Bonchev–Trinajstić information content (AvgIpc) is 3.19. The summed E-state index contributed by atoms with van der Waals surface area (Å²) in [5.74, 6) is 1.36. The maximum Gasteiger partial charge on any atom is 0.238 e. The molecule has 33 heavy (non-hydrogen) atoms. The van der Waals surface area contributed by atoms with Gasteiger partial charge in [0.2, 0.25) is 10.0 Å². The van der Waals surface area contributed by atoms with Gasteiger partial charge in [0.05, 0.1) is 17.0 Å². The van der Waals surface area contributed by atoms with Crippen LogP contribution < -0.4 is 9.88 Å². The molecule has 0 aliphatic rings. The Hall–Kier alpha value is -1.66. The molecule has 3 aromatic rings. The Balaban J connectivity index is 1.96. The molecule has 2 aromatic carbocycles. The third-order valence-electron chi connectivity index (χ3n) is 4.84. The summed E-state index contributed by atoms with van der Waals surface area (Å²) in [5, 5.41) is 18.2. The van der Waals surface area contributed by atoms with Crippen molar-refractivity contribution in [2.24, 2.45) is 5.14 Å². The van der Waals surface area contributed by atoms with Crippen molar-refractivity contribution in [1.29, 1.82) is 0 Å². The van der Waals surface area contributed by atoms with Crippen LogP contribution >= 0.6 is 46.9 Å². The Morgan fingerprint density at radius 2 is 1.91 bits per heavy atom. The molecule has 3 rings (SSSR count). The van der Waals surface area contributed by atoms with Gasteiger partial charge in [-0.15, -0.1) is 11.3 Å². The highest BCUT2D eigenvalue weighted by molar-refractivity contribution is 8.22. The predicted molar refractivity (Wildman–Crippen MR) is 141 cm³/mol. The number of hydroxylamine groups is 2. The molecule has 3 N–H and O–H groups in total. The van der Waals surface area contributed by atoms with Crippen molar-refractivity contribution in [3.05, 3.63) is 57.7 Å². The lowest BCUT2D eigenvalue weighted by atomic mass is 9.95. The van der Waals surface area contributed by atoms with E-state index in [1.54, 1.807) is 30.6 Å². The third-order valence-corrected chi connectivity index (χ3v) is 8.73. The number of methoxy groups -OCH3 is 1. The maximum atomic E-state index is 11.6. The molecule has 0 atom stereocenters. The molecule has 11 heteroatoms. The number of aryl methyl sites for hydroxylation is 1. The van der Waals surface area contributed by atoms with E-state index in [4.69, 9.17) is 33.7 Å². The molecule has 0 saturated heterocycles. The van der Waals surface area contributed by atoms with E-state index in [1.165, 1.54) is 35.8 Å².